The number of fused-ring (bicyclic) bond motifs is 1. The summed E-state index contributed by atoms with van der Waals surface area (Å²) in [6.45, 7) is 0. The predicted octanol–water partition coefficient (Wildman–Crippen LogP) is 3.03. The van der Waals surface area contributed by atoms with E-state index in [0.29, 0.717) is 21.9 Å². The number of benzene rings is 2. The number of ether oxygens (including phenoxy) is 1. The van der Waals surface area contributed by atoms with E-state index < -0.39 is 11.1 Å². The first kappa shape index (κ1) is 20.8. The number of methoxy groups -OCH3 is 1. The summed E-state index contributed by atoms with van der Waals surface area (Å²) in [5.41, 5.74) is -0.950. The quantitative estimate of drug-likeness (QED) is 0.459. The highest BCUT2D eigenvalue weighted by atomic mass is 35.5. The highest BCUT2D eigenvalue weighted by Gasteiger charge is 2.17. The number of aromatic amines is 1. The van der Waals surface area contributed by atoms with E-state index in [9.17, 15) is 20.0 Å². The summed E-state index contributed by atoms with van der Waals surface area (Å²) in [7, 11) is 1.52. The first-order valence-electron chi connectivity index (χ1n) is 9.19. The Morgan fingerprint density at radius 2 is 1.88 bits per heavy atom. The van der Waals surface area contributed by atoms with Crippen LogP contribution in [0.3, 0.4) is 0 Å². The molecule has 10 heteroatoms. The molecule has 0 aliphatic carbocycles. The maximum Gasteiger partial charge on any atom is 0.294 e. The summed E-state index contributed by atoms with van der Waals surface area (Å²) < 4.78 is 5.88. The Morgan fingerprint density at radius 3 is 2.50 bits per heavy atom. The zero-order valence-electron chi connectivity index (χ0n) is 16.5. The Hall–Kier alpha value is -4.42. The smallest absolute Gasteiger partial charge is 0.294 e. The van der Waals surface area contributed by atoms with Crippen molar-refractivity contribution in [1.29, 1.82) is 5.26 Å². The predicted molar refractivity (Wildman–Crippen MR) is 119 cm³/mol. The van der Waals surface area contributed by atoms with Crippen molar-refractivity contribution in [2.75, 3.05) is 7.11 Å². The molecule has 158 valence electrons. The van der Waals surface area contributed by atoms with Crippen LogP contribution >= 0.6 is 11.6 Å². The molecule has 2 heterocycles. The summed E-state index contributed by atoms with van der Waals surface area (Å²) >= 11 is 5.90. The molecular weight excluding hydrogens is 434 g/mol. The average Bonchev–Trinajstić information content (AvgIpc) is 2.80. The first-order chi connectivity index (χ1) is 15.4. The summed E-state index contributed by atoms with van der Waals surface area (Å²) in [6.07, 6.45) is 1.12. The SMILES string of the molecule is COc1ccc(/C(O)=C/c2nn3c(=O)c(C#N)c(-c4ccc(Cl)cc4)nc3[nH]c2=O)cc1. The van der Waals surface area contributed by atoms with E-state index in [-0.39, 0.29) is 28.5 Å². The van der Waals surface area contributed by atoms with Gasteiger partial charge in [0.2, 0.25) is 5.78 Å². The summed E-state index contributed by atoms with van der Waals surface area (Å²) in [5.74, 6) is 0.204. The van der Waals surface area contributed by atoms with Gasteiger partial charge in [-0.3, -0.25) is 14.6 Å². The van der Waals surface area contributed by atoms with Gasteiger partial charge in [-0.1, -0.05) is 23.7 Å². The fourth-order valence-corrected chi connectivity index (χ4v) is 3.12. The number of rotatable bonds is 4. The zero-order valence-corrected chi connectivity index (χ0v) is 17.3. The van der Waals surface area contributed by atoms with Gasteiger partial charge in [0.15, 0.2) is 5.69 Å². The van der Waals surface area contributed by atoms with Crippen molar-refractivity contribution in [2.45, 2.75) is 0 Å². The molecule has 9 nitrogen and oxygen atoms in total. The molecule has 4 aromatic rings. The fraction of sp³-hybridized carbons (Fsp3) is 0.0455. The average molecular weight is 448 g/mol. The van der Waals surface area contributed by atoms with Gasteiger partial charge in [0.05, 0.1) is 12.8 Å². The molecule has 2 aromatic heterocycles. The summed E-state index contributed by atoms with van der Waals surface area (Å²) in [5, 5.41) is 24.4. The maximum absolute atomic E-state index is 12.9. The summed E-state index contributed by atoms with van der Waals surface area (Å²) in [6, 6.07) is 14.7. The molecule has 0 amide bonds. The number of hydrogen-bond acceptors (Lipinski definition) is 7. The van der Waals surface area contributed by atoms with E-state index >= 15 is 0 Å². The molecule has 4 rings (SSSR count). The molecule has 2 aromatic carbocycles. The van der Waals surface area contributed by atoms with Crippen LogP contribution < -0.4 is 15.9 Å². The highest BCUT2D eigenvalue weighted by Crippen LogP contribution is 2.22. The third kappa shape index (κ3) is 3.82. The van der Waals surface area contributed by atoms with Gasteiger partial charge in [-0.05, 0) is 36.4 Å². The molecule has 0 saturated heterocycles. The lowest BCUT2D eigenvalue weighted by molar-refractivity contribution is 0.414. The van der Waals surface area contributed by atoms with E-state index in [1.54, 1.807) is 48.5 Å². The molecule has 0 aliphatic rings. The number of hydrogen-bond donors (Lipinski definition) is 2. The first-order valence-corrected chi connectivity index (χ1v) is 9.57. The van der Waals surface area contributed by atoms with E-state index in [1.165, 1.54) is 7.11 Å². The second-order valence-corrected chi connectivity index (χ2v) is 7.03. The van der Waals surface area contributed by atoms with Gasteiger partial charge >= 0.3 is 0 Å². The van der Waals surface area contributed by atoms with Gasteiger partial charge < -0.3 is 9.84 Å². The molecule has 0 radical (unpaired) electrons. The number of nitriles is 1. The van der Waals surface area contributed by atoms with Crippen molar-refractivity contribution in [3.8, 4) is 23.1 Å². The van der Waals surface area contributed by atoms with Crippen molar-refractivity contribution in [2.24, 2.45) is 0 Å². The minimum Gasteiger partial charge on any atom is -0.507 e. The van der Waals surface area contributed by atoms with Gasteiger partial charge in [-0.2, -0.15) is 14.9 Å². The van der Waals surface area contributed by atoms with Crippen molar-refractivity contribution >= 4 is 29.2 Å². The molecule has 0 fully saturated rings. The maximum atomic E-state index is 12.9. The molecule has 0 aliphatic heterocycles. The van der Waals surface area contributed by atoms with Crippen molar-refractivity contribution in [3.63, 3.8) is 0 Å². The van der Waals surface area contributed by atoms with Gasteiger partial charge in [0, 0.05) is 22.2 Å². The Balaban J connectivity index is 1.86. The lowest BCUT2D eigenvalue weighted by Crippen LogP contribution is -2.27. The lowest BCUT2D eigenvalue weighted by Gasteiger charge is -2.07. The molecule has 0 unspecified atom stereocenters. The van der Waals surface area contributed by atoms with E-state index in [1.807, 2.05) is 6.07 Å². The second kappa shape index (κ2) is 8.37. The van der Waals surface area contributed by atoms with Crippen LogP contribution in [0.2, 0.25) is 5.02 Å². The Bertz CT molecular complexity index is 1510. The third-order valence-electron chi connectivity index (χ3n) is 4.62. The molecule has 2 N–H and O–H groups in total. The number of aliphatic hydroxyl groups is 1. The van der Waals surface area contributed by atoms with E-state index in [2.05, 4.69) is 15.1 Å². The van der Waals surface area contributed by atoms with Crippen LogP contribution in [0.5, 0.6) is 5.75 Å². The lowest BCUT2D eigenvalue weighted by atomic mass is 10.1. The summed E-state index contributed by atoms with van der Waals surface area (Å²) in [4.78, 5) is 32.1. The number of halogens is 1. The Morgan fingerprint density at radius 1 is 1.19 bits per heavy atom. The topological polar surface area (TPSA) is 133 Å². The molecule has 0 saturated carbocycles. The number of H-pyrrole nitrogens is 1. The van der Waals surface area contributed by atoms with Crippen LogP contribution in [0.25, 0.3) is 28.9 Å². The van der Waals surface area contributed by atoms with Crippen molar-refractivity contribution in [3.05, 3.63) is 91.1 Å². The van der Waals surface area contributed by atoms with Gasteiger partial charge in [0.25, 0.3) is 11.1 Å². The molecular formula is C22H14ClN5O4. The van der Waals surface area contributed by atoms with Crippen LogP contribution in [0.15, 0.2) is 58.1 Å². The number of aromatic nitrogens is 4. The van der Waals surface area contributed by atoms with Crippen LogP contribution in [0.1, 0.15) is 16.8 Å². The zero-order chi connectivity index (χ0) is 22.8. The van der Waals surface area contributed by atoms with E-state index in [4.69, 9.17) is 16.3 Å². The monoisotopic (exact) mass is 447 g/mol. The van der Waals surface area contributed by atoms with Crippen molar-refractivity contribution < 1.29 is 9.84 Å². The number of nitrogens with one attached hydrogen (secondary N) is 1. The van der Waals surface area contributed by atoms with Crippen LogP contribution in [0.4, 0.5) is 0 Å². The molecule has 0 atom stereocenters. The van der Waals surface area contributed by atoms with Crippen LogP contribution in [0, 0.1) is 11.3 Å². The minimum absolute atomic E-state index is 0.0935. The van der Waals surface area contributed by atoms with Crippen LogP contribution in [-0.2, 0) is 0 Å². The number of nitrogens with zero attached hydrogens (tertiary/aromatic N) is 4. The molecule has 0 spiro atoms. The molecule has 32 heavy (non-hydrogen) atoms. The number of aliphatic hydroxyl groups excluding tert-OH is 1. The third-order valence-corrected chi connectivity index (χ3v) is 4.87. The largest absolute Gasteiger partial charge is 0.507 e. The van der Waals surface area contributed by atoms with Crippen LogP contribution in [-0.4, -0.2) is 31.8 Å². The molecule has 0 bridgehead atoms. The minimum atomic E-state index is -0.766. The van der Waals surface area contributed by atoms with Crippen molar-refractivity contribution in [1.82, 2.24) is 19.6 Å². The fourth-order valence-electron chi connectivity index (χ4n) is 2.99. The Labute approximate surface area is 185 Å². The standard InChI is InChI=1S/C22H14ClN5O4/c1-32-15-8-4-12(5-9-15)18(29)10-17-20(30)26-22-25-19(13-2-6-14(23)7-3-13)16(11-24)21(31)28(22)27-17/h2-10,29H,1H3,(H,25,26,30)/b18-10-. The normalized spacial score (nSPS) is 11.3. The van der Waals surface area contributed by atoms with Gasteiger partial charge in [-0.25, -0.2) is 4.98 Å². The Kier molecular flexibility index (Phi) is 5.45. The van der Waals surface area contributed by atoms with E-state index in [0.717, 1.165) is 10.6 Å². The second-order valence-electron chi connectivity index (χ2n) is 6.59. The van der Waals surface area contributed by atoms with Gasteiger partial charge in [0.1, 0.15) is 23.1 Å². The van der Waals surface area contributed by atoms with Gasteiger partial charge in [-0.15, -0.1) is 0 Å². The highest BCUT2D eigenvalue weighted by molar-refractivity contribution is 6.30.